The molecule has 0 spiro atoms. The first-order valence-corrected chi connectivity index (χ1v) is 13.8. The number of allylic oxidation sites excluding steroid dienone is 1. The van der Waals surface area contributed by atoms with E-state index < -0.39 is 12.0 Å². The summed E-state index contributed by atoms with van der Waals surface area (Å²) in [5.41, 5.74) is 4.18. The molecule has 39 heavy (non-hydrogen) atoms. The van der Waals surface area contributed by atoms with Crippen LogP contribution in [0, 0.1) is 6.92 Å². The van der Waals surface area contributed by atoms with Crippen LogP contribution >= 0.6 is 22.9 Å². The van der Waals surface area contributed by atoms with Gasteiger partial charge in [-0.25, -0.2) is 9.79 Å². The summed E-state index contributed by atoms with van der Waals surface area (Å²) in [5.74, 6) is 0.152. The molecular weight excluding hydrogens is 532 g/mol. The molecule has 0 radical (unpaired) electrons. The second-order valence-electron chi connectivity index (χ2n) is 9.13. The van der Waals surface area contributed by atoms with Crippen molar-refractivity contribution in [3.05, 3.63) is 131 Å². The number of hydrogen-bond acceptors (Lipinski definition) is 6. The molecule has 1 aliphatic heterocycles. The van der Waals surface area contributed by atoms with Crippen LogP contribution in [-0.4, -0.2) is 17.1 Å². The molecule has 198 valence electrons. The monoisotopic (exact) mass is 558 g/mol. The lowest BCUT2D eigenvalue weighted by molar-refractivity contribution is -0.139. The number of halogens is 1. The van der Waals surface area contributed by atoms with Gasteiger partial charge in [-0.2, -0.15) is 0 Å². The molecular formula is C31H27ClN2O4S. The van der Waals surface area contributed by atoms with Gasteiger partial charge in [-0.3, -0.25) is 9.36 Å². The van der Waals surface area contributed by atoms with Crippen molar-refractivity contribution >= 4 is 35.0 Å². The zero-order chi connectivity index (χ0) is 27.5. The number of nitrogens with zero attached hydrogens (tertiary/aromatic N) is 2. The Morgan fingerprint density at radius 2 is 1.77 bits per heavy atom. The van der Waals surface area contributed by atoms with E-state index in [1.54, 1.807) is 24.5 Å². The second-order valence-corrected chi connectivity index (χ2v) is 10.5. The van der Waals surface area contributed by atoms with Gasteiger partial charge in [0.25, 0.3) is 5.56 Å². The van der Waals surface area contributed by atoms with E-state index in [-0.39, 0.29) is 12.2 Å². The highest BCUT2D eigenvalue weighted by Crippen LogP contribution is 2.31. The summed E-state index contributed by atoms with van der Waals surface area (Å²) in [6.45, 7) is 6.05. The van der Waals surface area contributed by atoms with Crippen LogP contribution in [0.25, 0.3) is 6.08 Å². The van der Waals surface area contributed by atoms with Gasteiger partial charge < -0.3 is 9.47 Å². The Bertz CT molecular complexity index is 1750. The van der Waals surface area contributed by atoms with Gasteiger partial charge in [0.1, 0.15) is 12.4 Å². The lowest BCUT2D eigenvalue weighted by Crippen LogP contribution is -2.39. The number of para-hydroxylation sites is 1. The lowest BCUT2D eigenvalue weighted by atomic mass is 9.95. The first-order valence-electron chi connectivity index (χ1n) is 12.6. The van der Waals surface area contributed by atoms with Crippen molar-refractivity contribution in [1.82, 2.24) is 4.57 Å². The number of carbonyl (C=O) groups is 1. The molecule has 0 saturated carbocycles. The molecule has 4 aromatic rings. The highest BCUT2D eigenvalue weighted by atomic mass is 35.5. The Kier molecular flexibility index (Phi) is 7.82. The first kappa shape index (κ1) is 26.7. The standard InChI is InChI=1S/C31H27ClN2O4S/c1-4-37-30(36)27-20(3)33-31-34(28(27)21-15-13-19(2)14-16-21)29(35)26(39-31)17-22-9-6-8-12-25(22)38-18-23-10-5-7-11-24(23)32/h5-17,28H,4,18H2,1-3H3/b26-17-. The molecule has 1 unspecified atom stereocenters. The molecule has 0 N–H and O–H groups in total. The first-order chi connectivity index (χ1) is 18.9. The third-order valence-corrected chi connectivity index (χ3v) is 7.81. The van der Waals surface area contributed by atoms with Crippen LogP contribution in [0.2, 0.25) is 5.02 Å². The van der Waals surface area contributed by atoms with Crippen molar-refractivity contribution in [3.8, 4) is 5.75 Å². The fourth-order valence-corrected chi connectivity index (χ4v) is 5.73. The van der Waals surface area contributed by atoms with Crippen LogP contribution < -0.4 is 19.6 Å². The predicted molar refractivity (Wildman–Crippen MR) is 154 cm³/mol. The highest BCUT2D eigenvalue weighted by Gasteiger charge is 2.33. The minimum absolute atomic E-state index is 0.228. The third kappa shape index (κ3) is 5.46. The van der Waals surface area contributed by atoms with Crippen LogP contribution in [0.1, 0.15) is 42.1 Å². The van der Waals surface area contributed by atoms with Crippen LogP contribution in [0.3, 0.4) is 0 Å². The number of aryl methyl sites for hydroxylation is 1. The van der Waals surface area contributed by atoms with Crippen molar-refractivity contribution in [2.75, 3.05) is 6.61 Å². The molecule has 0 bridgehead atoms. The maximum absolute atomic E-state index is 13.9. The fourth-order valence-electron chi connectivity index (χ4n) is 4.50. The Balaban J connectivity index is 1.60. The third-order valence-electron chi connectivity index (χ3n) is 6.46. The van der Waals surface area contributed by atoms with E-state index in [9.17, 15) is 9.59 Å². The maximum Gasteiger partial charge on any atom is 0.338 e. The van der Waals surface area contributed by atoms with E-state index in [1.807, 2.05) is 79.7 Å². The summed E-state index contributed by atoms with van der Waals surface area (Å²) in [4.78, 5) is 32.1. The van der Waals surface area contributed by atoms with E-state index in [0.29, 0.717) is 38.0 Å². The van der Waals surface area contributed by atoms with Crippen molar-refractivity contribution in [2.24, 2.45) is 4.99 Å². The van der Waals surface area contributed by atoms with Crippen molar-refractivity contribution in [1.29, 1.82) is 0 Å². The topological polar surface area (TPSA) is 69.9 Å². The summed E-state index contributed by atoms with van der Waals surface area (Å²) < 4.78 is 13.5. The lowest BCUT2D eigenvalue weighted by Gasteiger charge is -2.24. The van der Waals surface area contributed by atoms with Crippen molar-refractivity contribution < 1.29 is 14.3 Å². The van der Waals surface area contributed by atoms with E-state index >= 15 is 0 Å². The number of ether oxygens (including phenoxy) is 2. The molecule has 0 fully saturated rings. The van der Waals surface area contributed by atoms with Gasteiger partial charge >= 0.3 is 5.97 Å². The van der Waals surface area contributed by atoms with E-state index in [4.69, 9.17) is 21.1 Å². The van der Waals surface area contributed by atoms with Crippen molar-refractivity contribution in [2.45, 2.75) is 33.4 Å². The smallest absolute Gasteiger partial charge is 0.338 e. The molecule has 1 aromatic heterocycles. The predicted octanol–water partition coefficient (Wildman–Crippen LogP) is 5.34. The Hall–Kier alpha value is -3.94. The SMILES string of the molecule is CCOC(=O)C1=C(C)N=c2s/c(=C\c3ccccc3OCc3ccccc3Cl)c(=O)n2C1c1ccc(C)cc1. The summed E-state index contributed by atoms with van der Waals surface area (Å²) in [6, 6.07) is 22.2. The normalized spacial score (nSPS) is 15.1. The van der Waals surface area contributed by atoms with Crippen LogP contribution in [0.15, 0.2) is 93.9 Å². The van der Waals surface area contributed by atoms with Gasteiger partial charge in [0.15, 0.2) is 4.80 Å². The largest absolute Gasteiger partial charge is 0.488 e. The average molecular weight is 559 g/mol. The number of thiazole rings is 1. The molecule has 6 nitrogen and oxygen atoms in total. The zero-order valence-corrected chi connectivity index (χ0v) is 23.4. The molecule has 1 atom stereocenters. The number of benzene rings is 3. The summed E-state index contributed by atoms with van der Waals surface area (Å²) in [5, 5.41) is 0.632. The number of aromatic nitrogens is 1. The second kappa shape index (κ2) is 11.4. The molecule has 0 aliphatic carbocycles. The van der Waals surface area contributed by atoms with Crippen LogP contribution in [0.4, 0.5) is 0 Å². The quantitative estimate of drug-likeness (QED) is 0.287. The number of esters is 1. The van der Waals surface area contributed by atoms with E-state index in [0.717, 1.165) is 22.3 Å². The molecule has 0 saturated heterocycles. The molecule has 3 aromatic carbocycles. The Morgan fingerprint density at radius 1 is 1.05 bits per heavy atom. The van der Waals surface area contributed by atoms with Crippen LogP contribution in [-0.2, 0) is 16.1 Å². The molecule has 0 amide bonds. The zero-order valence-electron chi connectivity index (χ0n) is 21.8. The average Bonchev–Trinajstić information content (AvgIpc) is 3.23. The van der Waals surface area contributed by atoms with Crippen molar-refractivity contribution in [3.63, 3.8) is 0 Å². The summed E-state index contributed by atoms with van der Waals surface area (Å²) in [7, 11) is 0. The highest BCUT2D eigenvalue weighted by molar-refractivity contribution is 7.07. The number of fused-ring (bicyclic) bond motifs is 1. The van der Waals surface area contributed by atoms with Gasteiger partial charge in [-0.05, 0) is 44.5 Å². The van der Waals surface area contributed by atoms with E-state index in [2.05, 4.69) is 4.99 Å². The molecule has 5 rings (SSSR count). The number of hydrogen-bond donors (Lipinski definition) is 0. The number of carbonyl (C=O) groups excluding carboxylic acids is 1. The van der Waals surface area contributed by atoms with Gasteiger partial charge in [0.2, 0.25) is 0 Å². The number of rotatable bonds is 7. The van der Waals surface area contributed by atoms with Crippen LogP contribution in [0.5, 0.6) is 5.75 Å². The fraction of sp³-hybridized carbons (Fsp3) is 0.194. The van der Waals surface area contributed by atoms with Gasteiger partial charge in [-0.1, -0.05) is 89.2 Å². The summed E-state index contributed by atoms with van der Waals surface area (Å²) in [6.07, 6.45) is 1.81. The van der Waals surface area contributed by atoms with Gasteiger partial charge in [-0.15, -0.1) is 0 Å². The Labute approximate surface area is 235 Å². The summed E-state index contributed by atoms with van der Waals surface area (Å²) >= 11 is 7.58. The maximum atomic E-state index is 13.9. The molecule has 1 aliphatic rings. The van der Waals surface area contributed by atoms with E-state index in [1.165, 1.54) is 11.3 Å². The van der Waals surface area contributed by atoms with Gasteiger partial charge in [0.05, 0.1) is 28.5 Å². The molecule has 8 heteroatoms. The minimum Gasteiger partial charge on any atom is -0.488 e. The molecule has 2 heterocycles. The van der Waals surface area contributed by atoms with Gasteiger partial charge in [0, 0.05) is 16.1 Å². The Morgan fingerprint density at radius 3 is 2.51 bits per heavy atom. The minimum atomic E-state index is -0.644.